The molecule has 2 N–H and O–H groups in total. The highest BCUT2D eigenvalue weighted by molar-refractivity contribution is 6.21. The molecule has 0 saturated carbocycles. The van der Waals surface area contributed by atoms with Crippen molar-refractivity contribution in [2.45, 2.75) is 6.42 Å². The zero-order valence-electron chi connectivity index (χ0n) is 13.8. The number of imide groups is 1. The minimum Gasteiger partial charge on any atom is -0.480 e. The first-order valence-corrected chi connectivity index (χ1v) is 8.21. The SMILES string of the molecule is Nc1ccc2c(n1)N(CCCN1C(=O)c3ccccc3C1=O)C(=O)CO2. The number of fused-ring (bicyclic) bond motifs is 2. The number of hydrogen-bond donors (Lipinski definition) is 1. The molecular weight excluding hydrogens is 336 g/mol. The number of hydrogen-bond acceptors (Lipinski definition) is 6. The Bertz CT molecular complexity index is 892. The second-order valence-electron chi connectivity index (χ2n) is 6.05. The van der Waals surface area contributed by atoms with Crippen LogP contribution in [0.5, 0.6) is 5.75 Å². The van der Waals surface area contributed by atoms with Crippen LogP contribution in [0.2, 0.25) is 0 Å². The van der Waals surface area contributed by atoms with Gasteiger partial charge in [-0.3, -0.25) is 24.2 Å². The van der Waals surface area contributed by atoms with Crippen molar-refractivity contribution in [1.82, 2.24) is 9.88 Å². The van der Waals surface area contributed by atoms with E-state index in [4.69, 9.17) is 10.5 Å². The highest BCUT2D eigenvalue weighted by Gasteiger charge is 2.35. The van der Waals surface area contributed by atoms with Crippen LogP contribution < -0.4 is 15.4 Å². The number of carbonyl (C=O) groups is 3. The second-order valence-corrected chi connectivity index (χ2v) is 6.05. The first kappa shape index (κ1) is 16.1. The average molecular weight is 352 g/mol. The minimum atomic E-state index is -0.304. The summed E-state index contributed by atoms with van der Waals surface area (Å²) in [7, 11) is 0. The zero-order valence-corrected chi connectivity index (χ0v) is 13.8. The van der Waals surface area contributed by atoms with Crippen LogP contribution in [0.1, 0.15) is 27.1 Å². The lowest BCUT2D eigenvalue weighted by atomic mass is 10.1. The van der Waals surface area contributed by atoms with Crippen molar-refractivity contribution in [2.24, 2.45) is 0 Å². The molecule has 0 bridgehead atoms. The van der Waals surface area contributed by atoms with Crippen LogP contribution in [0.4, 0.5) is 11.6 Å². The van der Waals surface area contributed by atoms with Crippen LogP contribution in [-0.4, -0.2) is 47.3 Å². The summed E-state index contributed by atoms with van der Waals surface area (Å²) >= 11 is 0. The van der Waals surface area contributed by atoms with E-state index in [1.807, 2.05) is 0 Å². The molecule has 3 heterocycles. The van der Waals surface area contributed by atoms with E-state index >= 15 is 0 Å². The number of ether oxygens (including phenoxy) is 1. The standard InChI is InChI=1S/C18H16N4O4/c19-14-7-6-13-16(20-14)21(15(23)10-26-13)8-3-9-22-17(24)11-4-1-2-5-12(11)18(22)25/h1-2,4-7H,3,8-10H2,(H2,19,20). The van der Waals surface area contributed by atoms with Gasteiger partial charge in [-0.05, 0) is 30.7 Å². The summed E-state index contributed by atoms with van der Waals surface area (Å²) in [6.07, 6.45) is 0.424. The Morgan fingerprint density at radius 2 is 1.62 bits per heavy atom. The van der Waals surface area contributed by atoms with Gasteiger partial charge in [0.05, 0.1) is 11.1 Å². The van der Waals surface area contributed by atoms with Gasteiger partial charge in [0.2, 0.25) is 0 Å². The molecule has 4 rings (SSSR count). The van der Waals surface area contributed by atoms with E-state index in [9.17, 15) is 14.4 Å². The van der Waals surface area contributed by atoms with Gasteiger partial charge in [0.25, 0.3) is 17.7 Å². The molecule has 0 unspecified atom stereocenters. The van der Waals surface area contributed by atoms with Crippen LogP contribution in [0, 0.1) is 0 Å². The summed E-state index contributed by atoms with van der Waals surface area (Å²) < 4.78 is 5.35. The Morgan fingerprint density at radius 3 is 2.31 bits per heavy atom. The number of amides is 3. The lowest BCUT2D eigenvalue weighted by molar-refractivity contribution is -0.121. The van der Waals surface area contributed by atoms with E-state index in [2.05, 4.69) is 4.98 Å². The van der Waals surface area contributed by atoms with Crippen molar-refractivity contribution in [3.05, 3.63) is 47.5 Å². The fourth-order valence-electron chi connectivity index (χ4n) is 3.15. The van der Waals surface area contributed by atoms with Crippen molar-refractivity contribution in [3.63, 3.8) is 0 Å². The van der Waals surface area contributed by atoms with Crippen LogP contribution in [0.15, 0.2) is 36.4 Å². The van der Waals surface area contributed by atoms with Crippen molar-refractivity contribution < 1.29 is 19.1 Å². The fourth-order valence-corrected chi connectivity index (χ4v) is 3.15. The molecule has 1 aromatic carbocycles. The molecule has 1 aromatic heterocycles. The fraction of sp³-hybridized carbons (Fsp3) is 0.222. The molecule has 132 valence electrons. The number of nitrogens with zero attached hydrogens (tertiary/aromatic N) is 3. The molecule has 0 saturated heterocycles. The molecule has 3 amide bonds. The Labute approximate surface area is 149 Å². The Balaban J connectivity index is 1.46. The molecule has 0 radical (unpaired) electrons. The Hall–Kier alpha value is -3.42. The molecule has 2 aromatic rings. The lowest BCUT2D eigenvalue weighted by Gasteiger charge is -2.28. The maximum absolute atomic E-state index is 12.4. The molecule has 26 heavy (non-hydrogen) atoms. The highest BCUT2D eigenvalue weighted by Crippen LogP contribution is 2.31. The third-order valence-electron chi connectivity index (χ3n) is 4.41. The number of carbonyl (C=O) groups excluding carboxylic acids is 3. The van der Waals surface area contributed by atoms with Gasteiger partial charge in [0.1, 0.15) is 5.82 Å². The van der Waals surface area contributed by atoms with Crippen LogP contribution in [0.25, 0.3) is 0 Å². The number of rotatable bonds is 4. The van der Waals surface area contributed by atoms with E-state index in [0.29, 0.717) is 35.7 Å². The Kier molecular flexibility index (Phi) is 3.80. The molecule has 0 spiro atoms. The van der Waals surface area contributed by atoms with Crippen LogP contribution >= 0.6 is 0 Å². The van der Waals surface area contributed by atoms with Crippen molar-refractivity contribution in [2.75, 3.05) is 30.3 Å². The summed E-state index contributed by atoms with van der Waals surface area (Å²) in [5, 5.41) is 0. The van der Waals surface area contributed by atoms with Gasteiger partial charge < -0.3 is 10.5 Å². The number of aromatic nitrogens is 1. The summed E-state index contributed by atoms with van der Waals surface area (Å²) in [4.78, 5) is 43.8. The average Bonchev–Trinajstić information content (AvgIpc) is 2.88. The molecule has 2 aliphatic rings. The predicted molar refractivity (Wildman–Crippen MR) is 92.9 cm³/mol. The van der Waals surface area contributed by atoms with Gasteiger partial charge in [-0.25, -0.2) is 4.98 Å². The summed E-state index contributed by atoms with van der Waals surface area (Å²) in [5.74, 6) is 0.289. The van der Waals surface area contributed by atoms with Crippen LogP contribution in [0.3, 0.4) is 0 Å². The molecule has 8 heteroatoms. The van der Waals surface area contributed by atoms with E-state index in [0.717, 1.165) is 0 Å². The first-order chi connectivity index (χ1) is 12.6. The molecule has 0 aliphatic carbocycles. The number of nitrogen functional groups attached to an aromatic ring is 1. The van der Waals surface area contributed by atoms with Gasteiger partial charge >= 0.3 is 0 Å². The number of benzene rings is 1. The van der Waals surface area contributed by atoms with Crippen molar-refractivity contribution in [1.29, 1.82) is 0 Å². The smallest absolute Gasteiger partial charge is 0.266 e. The number of anilines is 2. The van der Waals surface area contributed by atoms with E-state index in [-0.39, 0.29) is 36.7 Å². The predicted octanol–water partition coefficient (Wildman–Crippen LogP) is 1.08. The largest absolute Gasteiger partial charge is 0.480 e. The van der Waals surface area contributed by atoms with Crippen molar-refractivity contribution >= 4 is 29.4 Å². The molecule has 0 atom stereocenters. The number of pyridine rings is 1. The minimum absolute atomic E-state index is 0.0778. The third kappa shape index (κ3) is 2.55. The van der Waals surface area contributed by atoms with Gasteiger partial charge in [-0.1, -0.05) is 12.1 Å². The molecule has 0 fully saturated rings. The summed E-state index contributed by atoms with van der Waals surface area (Å²) in [6.45, 7) is 0.444. The first-order valence-electron chi connectivity index (χ1n) is 8.21. The highest BCUT2D eigenvalue weighted by atomic mass is 16.5. The second kappa shape index (κ2) is 6.14. The molecule has 2 aliphatic heterocycles. The van der Waals surface area contributed by atoms with Gasteiger partial charge in [-0.2, -0.15) is 0 Å². The summed E-state index contributed by atoms with van der Waals surface area (Å²) in [6, 6.07) is 10.0. The number of nitrogens with two attached hydrogens (primary N) is 1. The van der Waals surface area contributed by atoms with E-state index in [1.165, 1.54) is 9.80 Å². The molecular formula is C18H16N4O4. The van der Waals surface area contributed by atoms with Gasteiger partial charge in [0.15, 0.2) is 18.2 Å². The normalized spacial score (nSPS) is 15.8. The van der Waals surface area contributed by atoms with Crippen LogP contribution in [-0.2, 0) is 4.79 Å². The third-order valence-corrected chi connectivity index (χ3v) is 4.41. The van der Waals surface area contributed by atoms with E-state index < -0.39 is 0 Å². The van der Waals surface area contributed by atoms with Crippen molar-refractivity contribution in [3.8, 4) is 5.75 Å². The quantitative estimate of drug-likeness (QED) is 0.825. The molecule has 8 nitrogen and oxygen atoms in total. The van der Waals surface area contributed by atoms with Gasteiger partial charge in [-0.15, -0.1) is 0 Å². The lowest BCUT2D eigenvalue weighted by Crippen LogP contribution is -2.41. The maximum Gasteiger partial charge on any atom is 0.266 e. The van der Waals surface area contributed by atoms with Gasteiger partial charge in [0, 0.05) is 13.1 Å². The topological polar surface area (TPSA) is 106 Å². The van der Waals surface area contributed by atoms with E-state index in [1.54, 1.807) is 36.4 Å². The Morgan fingerprint density at radius 1 is 0.962 bits per heavy atom. The maximum atomic E-state index is 12.4. The summed E-state index contributed by atoms with van der Waals surface area (Å²) in [5.41, 5.74) is 6.53. The monoisotopic (exact) mass is 352 g/mol. The zero-order chi connectivity index (χ0) is 18.3.